The average molecular weight is 415 g/mol. The zero-order chi connectivity index (χ0) is 21.8. The van der Waals surface area contributed by atoms with Crippen LogP contribution in [-0.2, 0) is 9.53 Å². The van der Waals surface area contributed by atoms with Crippen molar-refractivity contribution in [3.05, 3.63) is 29.6 Å². The van der Waals surface area contributed by atoms with Crippen LogP contribution in [0.25, 0.3) is 11.0 Å². The number of carbonyl (C=O) groups excluding carboxylic acids is 2. The largest absolute Gasteiger partial charge is 0.461 e. The van der Waals surface area contributed by atoms with E-state index >= 15 is 0 Å². The molecular formula is C21H29N5O4. The Labute approximate surface area is 174 Å². The Balaban J connectivity index is 1.45. The molecule has 0 saturated carbocycles. The number of primary amides is 1. The summed E-state index contributed by atoms with van der Waals surface area (Å²) in [6, 6.07) is 5.12. The Bertz CT molecular complexity index is 998. The maximum absolute atomic E-state index is 12.9. The van der Waals surface area contributed by atoms with Crippen molar-refractivity contribution in [1.82, 2.24) is 20.3 Å². The van der Waals surface area contributed by atoms with Gasteiger partial charge in [0.2, 0.25) is 0 Å². The number of amides is 1. The number of H-pyrrole nitrogens is 1. The lowest BCUT2D eigenvalue weighted by Gasteiger charge is -2.35. The first kappa shape index (κ1) is 20.8. The zero-order valence-corrected chi connectivity index (χ0v) is 17.7. The number of nitrogens with two attached hydrogens (primary N) is 1. The third-order valence-corrected chi connectivity index (χ3v) is 6.46. The molecule has 9 nitrogen and oxygen atoms in total. The second-order valence-corrected chi connectivity index (χ2v) is 9.48. The molecule has 5 N–H and O–H groups in total. The van der Waals surface area contributed by atoms with E-state index in [0.29, 0.717) is 36.3 Å². The number of para-hydroxylation sites is 1. The number of nitrogens with zero attached hydrogens (tertiary/aromatic N) is 2. The summed E-state index contributed by atoms with van der Waals surface area (Å²) in [6.07, 6.45) is 0.799. The van der Waals surface area contributed by atoms with Gasteiger partial charge in [-0.2, -0.15) is 5.06 Å². The smallest absolute Gasteiger partial charge is 0.311 e. The lowest BCUT2D eigenvalue weighted by atomic mass is 9.87. The van der Waals surface area contributed by atoms with Crippen LogP contribution in [0, 0.1) is 5.92 Å². The van der Waals surface area contributed by atoms with Crippen LogP contribution in [0.4, 0.5) is 0 Å². The molecule has 3 unspecified atom stereocenters. The number of imidazole rings is 1. The molecule has 0 radical (unpaired) electrons. The predicted molar refractivity (Wildman–Crippen MR) is 110 cm³/mol. The number of ether oxygens (including phenoxy) is 1. The Morgan fingerprint density at radius 3 is 2.67 bits per heavy atom. The number of aromatic nitrogens is 2. The van der Waals surface area contributed by atoms with Crippen molar-refractivity contribution in [2.24, 2.45) is 11.7 Å². The van der Waals surface area contributed by atoms with Gasteiger partial charge >= 0.3 is 5.97 Å². The van der Waals surface area contributed by atoms with Crippen molar-refractivity contribution in [1.29, 1.82) is 0 Å². The molecule has 2 aliphatic heterocycles. The molecule has 4 rings (SSSR count). The van der Waals surface area contributed by atoms with E-state index in [1.807, 2.05) is 33.8 Å². The van der Waals surface area contributed by atoms with E-state index in [2.05, 4.69) is 15.3 Å². The van der Waals surface area contributed by atoms with E-state index < -0.39 is 22.9 Å². The Hall–Kier alpha value is -2.49. The molecule has 0 aliphatic carbocycles. The Kier molecular flexibility index (Phi) is 4.87. The van der Waals surface area contributed by atoms with Gasteiger partial charge in [-0.25, -0.2) is 4.98 Å². The minimum Gasteiger partial charge on any atom is -0.461 e. The minimum atomic E-state index is -0.698. The lowest BCUT2D eigenvalue weighted by Crippen LogP contribution is -2.48. The van der Waals surface area contributed by atoms with E-state index in [9.17, 15) is 14.8 Å². The first-order valence-electron chi connectivity index (χ1n) is 10.2. The highest BCUT2D eigenvalue weighted by Crippen LogP contribution is 2.44. The summed E-state index contributed by atoms with van der Waals surface area (Å²) in [5, 5.41) is 15.1. The van der Waals surface area contributed by atoms with Crippen molar-refractivity contribution >= 4 is 22.9 Å². The summed E-state index contributed by atoms with van der Waals surface area (Å²) in [6.45, 7) is 8.05. The van der Waals surface area contributed by atoms with Gasteiger partial charge < -0.3 is 26.0 Å². The molecule has 1 aromatic heterocycles. The molecule has 2 aromatic rings. The first-order valence-corrected chi connectivity index (χ1v) is 10.2. The maximum atomic E-state index is 12.9. The lowest BCUT2D eigenvalue weighted by molar-refractivity contribution is -0.200. The molecule has 2 saturated heterocycles. The number of benzene rings is 1. The monoisotopic (exact) mass is 415 g/mol. The fourth-order valence-electron chi connectivity index (χ4n) is 4.80. The summed E-state index contributed by atoms with van der Waals surface area (Å²) in [4.78, 5) is 32.3. The van der Waals surface area contributed by atoms with Gasteiger partial charge in [0, 0.05) is 18.5 Å². The molecule has 0 spiro atoms. The minimum absolute atomic E-state index is 0.127. The molecule has 162 valence electrons. The second kappa shape index (κ2) is 7.04. The van der Waals surface area contributed by atoms with Gasteiger partial charge in [-0.3, -0.25) is 9.59 Å². The number of hydrogen-bond acceptors (Lipinski definition) is 7. The van der Waals surface area contributed by atoms with Crippen LogP contribution in [0.5, 0.6) is 0 Å². The molecule has 2 aliphatic rings. The number of esters is 1. The summed E-state index contributed by atoms with van der Waals surface area (Å²) >= 11 is 0. The van der Waals surface area contributed by atoms with Crippen LogP contribution in [0.15, 0.2) is 18.2 Å². The molecule has 0 bridgehead atoms. The van der Waals surface area contributed by atoms with E-state index in [0.717, 1.165) is 5.52 Å². The van der Waals surface area contributed by atoms with Gasteiger partial charge in [-0.05, 0) is 46.2 Å². The van der Waals surface area contributed by atoms with Gasteiger partial charge in [-0.15, -0.1) is 0 Å². The maximum Gasteiger partial charge on any atom is 0.311 e. The van der Waals surface area contributed by atoms with E-state index in [-0.39, 0.29) is 18.1 Å². The van der Waals surface area contributed by atoms with Crippen molar-refractivity contribution in [3.63, 3.8) is 0 Å². The molecule has 1 aromatic carbocycles. The summed E-state index contributed by atoms with van der Waals surface area (Å²) in [7, 11) is 0. The van der Waals surface area contributed by atoms with E-state index in [1.54, 1.807) is 12.1 Å². The number of hydrogen-bond donors (Lipinski definition) is 4. The van der Waals surface area contributed by atoms with Gasteiger partial charge in [0.15, 0.2) is 0 Å². The first-order chi connectivity index (χ1) is 14.0. The Morgan fingerprint density at radius 2 is 2.03 bits per heavy atom. The number of fused-ring (bicyclic) bond motifs is 1. The zero-order valence-electron chi connectivity index (χ0n) is 17.7. The van der Waals surface area contributed by atoms with Crippen LogP contribution < -0.4 is 11.1 Å². The fraction of sp³-hybridized carbons (Fsp3) is 0.571. The fourth-order valence-corrected chi connectivity index (χ4v) is 4.80. The standard InChI is InChI=1S/C21H29N5O4/c1-20(2)9-13(21(3,4)26(20)29)19(28)30-11-8-15(23-10-11)18-24-14-7-5-6-12(17(22)27)16(14)25-18/h5-7,11,13,15,23,29H,8-10H2,1-4H3,(H2,22,27)(H,24,25). The summed E-state index contributed by atoms with van der Waals surface area (Å²) in [5.74, 6) is -0.551. The number of hydroxylamine groups is 2. The van der Waals surface area contributed by atoms with Crippen LogP contribution in [0.3, 0.4) is 0 Å². The summed E-state index contributed by atoms with van der Waals surface area (Å²) in [5.41, 5.74) is 5.90. The number of rotatable bonds is 4. The highest BCUT2D eigenvalue weighted by molar-refractivity contribution is 6.04. The molecule has 1 amide bonds. The highest BCUT2D eigenvalue weighted by Gasteiger charge is 2.55. The third kappa shape index (κ3) is 3.36. The normalized spacial score (nSPS) is 28.1. The van der Waals surface area contributed by atoms with Crippen molar-refractivity contribution in [3.8, 4) is 0 Å². The van der Waals surface area contributed by atoms with E-state index in [1.165, 1.54) is 5.06 Å². The molecule has 9 heteroatoms. The van der Waals surface area contributed by atoms with Crippen molar-refractivity contribution < 1.29 is 19.5 Å². The number of carbonyl (C=O) groups is 2. The number of nitrogens with one attached hydrogen (secondary N) is 2. The van der Waals surface area contributed by atoms with Crippen molar-refractivity contribution in [2.45, 2.75) is 63.8 Å². The summed E-state index contributed by atoms with van der Waals surface area (Å²) < 4.78 is 5.81. The molecule has 3 atom stereocenters. The van der Waals surface area contributed by atoms with Crippen LogP contribution in [-0.4, -0.2) is 55.8 Å². The van der Waals surface area contributed by atoms with Crippen LogP contribution in [0.2, 0.25) is 0 Å². The van der Waals surface area contributed by atoms with Gasteiger partial charge in [-0.1, -0.05) is 6.07 Å². The van der Waals surface area contributed by atoms with Crippen LogP contribution >= 0.6 is 0 Å². The highest BCUT2D eigenvalue weighted by atomic mass is 16.5. The second-order valence-electron chi connectivity index (χ2n) is 9.48. The molecule has 2 fully saturated rings. The van der Waals surface area contributed by atoms with Gasteiger partial charge in [0.25, 0.3) is 5.91 Å². The third-order valence-electron chi connectivity index (χ3n) is 6.46. The molecule has 30 heavy (non-hydrogen) atoms. The average Bonchev–Trinajstić information content (AvgIpc) is 3.34. The topological polar surface area (TPSA) is 134 Å². The van der Waals surface area contributed by atoms with Gasteiger partial charge in [0.05, 0.1) is 28.6 Å². The van der Waals surface area contributed by atoms with E-state index in [4.69, 9.17) is 10.5 Å². The van der Waals surface area contributed by atoms with Crippen LogP contribution in [0.1, 0.15) is 62.8 Å². The SMILES string of the molecule is CC1(C)CC(C(=O)OC2CNC(c3nc4c(C(N)=O)cccc4[nH]3)C2)C(C)(C)N1O. The number of aromatic amines is 1. The predicted octanol–water partition coefficient (Wildman–Crippen LogP) is 1.88. The molecule has 3 heterocycles. The molecular weight excluding hydrogens is 386 g/mol. The quantitative estimate of drug-likeness (QED) is 0.560. The van der Waals surface area contributed by atoms with Crippen molar-refractivity contribution in [2.75, 3.05) is 6.54 Å². The van der Waals surface area contributed by atoms with Gasteiger partial charge in [0.1, 0.15) is 17.4 Å². The Morgan fingerprint density at radius 1 is 1.30 bits per heavy atom.